The summed E-state index contributed by atoms with van der Waals surface area (Å²) in [7, 11) is 0. The first-order valence-corrected chi connectivity index (χ1v) is 8.30. The van der Waals surface area contributed by atoms with Crippen molar-refractivity contribution >= 4 is 11.7 Å². The summed E-state index contributed by atoms with van der Waals surface area (Å²) < 4.78 is 0. The molecule has 3 rings (SSSR count). The van der Waals surface area contributed by atoms with Crippen LogP contribution in [0.2, 0.25) is 0 Å². The molecule has 0 bridgehead atoms. The molecule has 0 radical (unpaired) electrons. The maximum Gasteiger partial charge on any atom is 0.216 e. The lowest BCUT2D eigenvalue weighted by molar-refractivity contribution is -0.120. The van der Waals surface area contributed by atoms with Gasteiger partial charge in [-0.3, -0.25) is 9.59 Å². The summed E-state index contributed by atoms with van der Waals surface area (Å²) >= 11 is 0. The molecule has 0 saturated heterocycles. The van der Waals surface area contributed by atoms with E-state index in [0.29, 0.717) is 12.3 Å². The molecule has 3 heteroatoms. The van der Waals surface area contributed by atoms with Gasteiger partial charge in [-0.15, -0.1) is 0 Å². The summed E-state index contributed by atoms with van der Waals surface area (Å²) in [5, 5.41) is 2.85. The maximum atomic E-state index is 12.7. The first-order valence-electron chi connectivity index (χ1n) is 8.30. The number of ketones is 1. The van der Waals surface area contributed by atoms with Crippen molar-refractivity contribution < 1.29 is 9.59 Å². The van der Waals surface area contributed by atoms with Crippen LogP contribution in [0.3, 0.4) is 0 Å². The number of nitrogens with one attached hydrogen (secondary N) is 1. The Morgan fingerprint density at radius 1 is 1.36 bits per heavy atom. The standard InChI is InChI=1S/C19H25NO2/c1-11-10-16-17(15(11)6-5-9-20-14(4)21)12(2)19(7-8-19)13(3)18(16)22/h10,13H,5-9H2,1-4H3,(H,20,21)/t13-/m1/s1. The van der Waals surface area contributed by atoms with Gasteiger partial charge < -0.3 is 5.32 Å². The number of amides is 1. The number of carbonyl (C=O) groups excluding carboxylic acids is 2. The van der Waals surface area contributed by atoms with Gasteiger partial charge in [0.2, 0.25) is 5.91 Å². The average Bonchev–Trinajstić information content (AvgIpc) is 3.20. The van der Waals surface area contributed by atoms with Gasteiger partial charge in [-0.05, 0) is 62.3 Å². The van der Waals surface area contributed by atoms with E-state index >= 15 is 0 Å². The van der Waals surface area contributed by atoms with Crippen LogP contribution in [0.1, 0.15) is 53.4 Å². The van der Waals surface area contributed by atoms with E-state index in [-0.39, 0.29) is 17.2 Å². The number of fused-ring (bicyclic) bond motifs is 1. The molecule has 3 aliphatic rings. The number of hydrogen-bond donors (Lipinski definition) is 1. The second kappa shape index (κ2) is 5.22. The molecule has 1 atom stereocenters. The van der Waals surface area contributed by atoms with Crippen molar-refractivity contribution in [2.24, 2.45) is 11.3 Å². The van der Waals surface area contributed by atoms with E-state index in [2.05, 4.69) is 32.2 Å². The van der Waals surface area contributed by atoms with Crippen LogP contribution in [0.4, 0.5) is 0 Å². The van der Waals surface area contributed by atoms with Gasteiger partial charge in [0.25, 0.3) is 0 Å². The third-order valence-corrected chi connectivity index (χ3v) is 5.78. The van der Waals surface area contributed by atoms with Crippen LogP contribution < -0.4 is 5.32 Å². The SMILES string of the molecule is CC(=O)NCCCC1=C(C)C=C2C(=O)[C@@H](C)C3(CC3)C(C)=C21. The fourth-order valence-corrected chi connectivity index (χ4v) is 4.21. The molecule has 1 N–H and O–H groups in total. The van der Waals surface area contributed by atoms with Crippen LogP contribution in [-0.2, 0) is 9.59 Å². The van der Waals surface area contributed by atoms with Crippen molar-refractivity contribution in [2.45, 2.75) is 53.4 Å². The third-order valence-electron chi connectivity index (χ3n) is 5.78. The summed E-state index contributed by atoms with van der Waals surface area (Å²) in [6.07, 6.45) is 6.24. The second-order valence-corrected chi connectivity index (χ2v) is 7.05. The topological polar surface area (TPSA) is 46.2 Å². The van der Waals surface area contributed by atoms with E-state index in [0.717, 1.165) is 31.3 Å². The summed E-state index contributed by atoms with van der Waals surface area (Å²) in [5.41, 5.74) is 6.31. The van der Waals surface area contributed by atoms with Gasteiger partial charge in [-0.25, -0.2) is 0 Å². The summed E-state index contributed by atoms with van der Waals surface area (Å²) in [5.74, 6) is 0.480. The Kier molecular flexibility index (Phi) is 3.62. The Labute approximate surface area is 132 Å². The van der Waals surface area contributed by atoms with Gasteiger partial charge in [-0.2, -0.15) is 0 Å². The van der Waals surface area contributed by atoms with Crippen molar-refractivity contribution in [3.63, 3.8) is 0 Å². The molecule has 0 aromatic rings. The predicted octanol–water partition coefficient (Wildman–Crippen LogP) is 3.47. The van der Waals surface area contributed by atoms with Crippen LogP contribution in [-0.4, -0.2) is 18.2 Å². The Hall–Kier alpha value is -1.64. The zero-order valence-electron chi connectivity index (χ0n) is 14.0. The van der Waals surface area contributed by atoms with E-state index in [1.54, 1.807) is 6.92 Å². The highest BCUT2D eigenvalue weighted by Crippen LogP contribution is 2.63. The van der Waals surface area contributed by atoms with Gasteiger partial charge in [0.1, 0.15) is 0 Å². The molecule has 3 nitrogen and oxygen atoms in total. The van der Waals surface area contributed by atoms with Crippen molar-refractivity contribution in [1.82, 2.24) is 5.32 Å². The Balaban J connectivity index is 1.85. The largest absolute Gasteiger partial charge is 0.356 e. The third kappa shape index (κ3) is 2.18. The van der Waals surface area contributed by atoms with Gasteiger partial charge in [0.05, 0.1) is 0 Å². The summed E-state index contributed by atoms with van der Waals surface area (Å²) in [6, 6.07) is 0. The molecule has 0 aromatic heterocycles. The van der Waals surface area contributed by atoms with Crippen molar-refractivity contribution in [1.29, 1.82) is 0 Å². The molecule has 1 spiro atoms. The molecular weight excluding hydrogens is 274 g/mol. The van der Waals surface area contributed by atoms with Gasteiger partial charge >= 0.3 is 0 Å². The Morgan fingerprint density at radius 2 is 2.05 bits per heavy atom. The maximum absolute atomic E-state index is 12.7. The lowest BCUT2D eigenvalue weighted by atomic mass is 9.70. The highest BCUT2D eigenvalue weighted by Gasteiger charge is 2.56. The van der Waals surface area contributed by atoms with Crippen molar-refractivity contribution in [3.05, 3.63) is 33.9 Å². The highest BCUT2D eigenvalue weighted by atomic mass is 16.1. The van der Waals surface area contributed by atoms with Crippen LogP contribution in [0.15, 0.2) is 33.9 Å². The van der Waals surface area contributed by atoms with E-state index in [9.17, 15) is 9.59 Å². The molecule has 1 saturated carbocycles. The minimum Gasteiger partial charge on any atom is -0.356 e. The number of hydrogen-bond acceptors (Lipinski definition) is 2. The van der Waals surface area contributed by atoms with Crippen LogP contribution in [0, 0.1) is 11.3 Å². The fraction of sp³-hybridized carbons (Fsp3) is 0.579. The zero-order chi connectivity index (χ0) is 16.1. The molecule has 0 aliphatic heterocycles. The molecule has 0 heterocycles. The fourth-order valence-electron chi connectivity index (χ4n) is 4.21. The number of carbonyl (C=O) groups is 2. The van der Waals surface area contributed by atoms with Gasteiger partial charge in [-0.1, -0.05) is 12.5 Å². The Bertz CT molecular complexity index is 644. The molecular formula is C19H25NO2. The van der Waals surface area contributed by atoms with E-state index in [1.165, 1.54) is 22.3 Å². The minimum atomic E-state index is 0.0185. The molecule has 0 unspecified atom stereocenters. The molecule has 1 fully saturated rings. The number of allylic oxidation sites excluding steroid dienone is 6. The lowest BCUT2D eigenvalue weighted by Crippen LogP contribution is -2.31. The van der Waals surface area contributed by atoms with E-state index in [1.807, 2.05) is 0 Å². The molecule has 118 valence electrons. The van der Waals surface area contributed by atoms with Gasteiger partial charge in [0.15, 0.2) is 5.78 Å². The van der Waals surface area contributed by atoms with Crippen molar-refractivity contribution in [3.8, 4) is 0 Å². The first kappa shape index (κ1) is 15.3. The minimum absolute atomic E-state index is 0.0185. The van der Waals surface area contributed by atoms with Crippen molar-refractivity contribution in [2.75, 3.05) is 6.54 Å². The molecule has 1 amide bonds. The molecule has 3 aliphatic carbocycles. The zero-order valence-corrected chi connectivity index (χ0v) is 14.0. The summed E-state index contributed by atoms with van der Waals surface area (Å²) in [6.45, 7) is 8.68. The van der Waals surface area contributed by atoms with Crippen LogP contribution in [0.25, 0.3) is 0 Å². The molecule has 0 aromatic carbocycles. The number of rotatable bonds is 4. The first-order chi connectivity index (χ1) is 10.4. The monoisotopic (exact) mass is 299 g/mol. The number of Topliss-reactive ketones (excluding diaryl/α,β-unsaturated/α-hetero) is 1. The smallest absolute Gasteiger partial charge is 0.216 e. The second-order valence-electron chi connectivity index (χ2n) is 7.05. The quantitative estimate of drug-likeness (QED) is 0.808. The molecule has 22 heavy (non-hydrogen) atoms. The normalized spacial score (nSPS) is 25.5. The van der Waals surface area contributed by atoms with Gasteiger partial charge in [0, 0.05) is 30.4 Å². The van der Waals surface area contributed by atoms with Crippen LogP contribution in [0.5, 0.6) is 0 Å². The van der Waals surface area contributed by atoms with E-state index < -0.39 is 0 Å². The Morgan fingerprint density at radius 3 is 2.64 bits per heavy atom. The summed E-state index contributed by atoms with van der Waals surface area (Å²) in [4.78, 5) is 23.7. The predicted molar refractivity (Wildman–Crippen MR) is 87.2 cm³/mol. The lowest BCUT2D eigenvalue weighted by Gasteiger charge is -2.32. The average molecular weight is 299 g/mol. The van der Waals surface area contributed by atoms with E-state index in [4.69, 9.17) is 0 Å². The highest BCUT2D eigenvalue weighted by molar-refractivity contribution is 6.07. The van der Waals surface area contributed by atoms with Crippen LogP contribution >= 0.6 is 0 Å².